The monoisotopic (exact) mass is 290 g/mol. The van der Waals surface area contributed by atoms with E-state index in [0.717, 1.165) is 23.4 Å². The number of nitrogens with one attached hydrogen (secondary N) is 2. The maximum atomic E-state index is 11.6. The molecule has 1 atom stereocenters. The molecule has 0 aliphatic rings. The minimum atomic E-state index is -0.268. The molecule has 3 N–H and O–H groups in total. The Morgan fingerprint density at radius 3 is 2.90 bits per heavy atom. The smallest absolute Gasteiger partial charge is 0.315 e. The lowest BCUT2D eigenvalue weighted by Crippen LogP contribution is -2.43. The summed E-state index contributed by atoms with van der Waals surface area (Å²) in [6.07, 6.45) is 0.670. The minimum absolute atomic E-state index is 0.0704. The van der Waals surface area contributed by atoms with Crippen LogP contribution >= 0.6 is 0 Å². The van der Waals surface area contributed by atoms with E-state index >= 15 is 0 Å². The number of hydrogen-bond acceptors (Lipinski definition) is 3. The van der Waals surface area contributed by atoms with E-state index in [1.54, 1.807) is 6.92 Å². The molecule has 0 aliphatic heterocycles. The van der Waals surface area contributed by atoms with Gasteiger partial charge in [-0.15, -0.1) is 0 Å². The number of aryl methyl sites for hydroxylation is 1. The van der Waals surface area contributed by atoms with Gasteiger partial charge in [0.15, 0.2) is 0 Å². The molecule has 21 heavy (non-hydrogen) atoms. The first-order valence-corrected chi connectivity index (χ1v) is 7.25. The number of aliphatic hydroxyl groups excluding tert-OH is 1. The second-order valence-corrected chi connectivity index (χ2v) is 4.99. The fourth-order valence-corrected chi connectivity index (χ4v) is 2.28. The Bertz CT molecular complexity index is 609. The van der Waals surface area contributed by atoms with Crippen molar-refractivity contribution in [2.45, 2.75) is 32.9 Å². The lowest BCUT2D eigenvalue weighted by molar-refractivity contribution is 0.220. The van der Waals surface area contributed by atoms with Crippen molar-refractivity contribution in [3.05, 3.63) is 30.1 Å². The van der Waals surface area contributed by atoms with Crippen molar-refractivity contribution in [1.82, 2.24) is 20.2 Å². The zero-order valence-corrected chi connectivity index (χ0v) is 12.5. The Labute approximate surface area is 124 Å². The summed E-state index contributed by atoms with van der Waals surface area (Å²) in [6, 6.07) is 7.51. The predicted octanol–water partition coefficient (Wildman–Crippen LogP) is 1.28. The first-order valence-electron chi connectivity index (χ1n) is 7.25. The molecule has 6 nitrogen and oxygen atoms in total. The molecule has 0 saturated carbocycles. The molecule has 2 aromatic rings. The van der Waals surface area contributed by atoms with Crippen LogP contribution in [0.25, 0.3) is 11.0 Å². The van der Waals surface area contributed by atoms with Gasteiger partial charge in [0.2, 0.25) is 0 Å². The van der Waals surface area contributed by atoms with Gasteiger partial charge in [0.25, 0.3) is 0 Å². The quantitative estimate of drug-likeness (QED) is 0.750. The Kier molecular flexibility index (Phi) is 5.16. The van der Waals surface area contributed by atoms with Gasteiger partial charge in [-0.1, -0.05) is 12.1 Å². The highest BCUT2D eigenvalue weighted by atomic mass is 16.3. The van der Waals surface area contributed by atoms with Crippen LogP contribution in [0.3, 0.4) is 0 Å². The summed E-state index contributed by atoms with van der Waals surface area (Å²) >= 11 is 0. The van der Waals surface area contributed by atoms with Crippen LogP contribution < -0.4 is 10.6 Å². The summed E-state index contributed by atoms with van der Waals surface area (Å²) < 4.78 is 2.16. The molecule has 0 radical (unpaired) electrons. The first-order chi connectivity index (χ1) is 10.2. The molecule has 1 aromatic heterocycles. The van der Waals surface area contributed by atoms with Crippen LogP contribution in [0.4, 0.5) is 4.79 Å². The van der Waals surface area contributed by atoms with Gasteiger partial charge in [-0.05, 0) is 26.0 Å². The third-order valence-corrected chi connectivity index (χ3v) is 3.34. The van der Waals surface area contributed by atoms with E-state index in [4.69, 9.17) is 5.11 Å². The molecule has 0 fully saturated rings. The SMILES string of the molecule is CCn1c(CCNC(=O)NC(C)CO)nc2ccccc21. The van der Waals surface area contributed by atoms with E-state index < -0.39 is 0 Å². The zero-order chi connectivity index (χ0) is 15.2. The Balaban J connectivity index is 1.96. The van der Waals surface area contributed by atoms with E-state index in [0.29, 0.717) is 13.0 Å². The van der Waals surface area contributed by atoms with E-state index in [1.807, 2.05) is 18.2 Å². The van der Waals surface area contributed by atoms with Crippen molar-refractivity contribution >= 4 is 17.1 Å². The molecule has 0 saturated heterocycles. The molecule has 0 aliphatic carbocycles. The number of hydrogen-bond donors (Lipinski definition) is 3. The lowest BCUT2D eigenvalue weighted by atomic mass is 10.3. The standard InChI is InChI=1S/C15H22N4O2/c1-3-19-13-7-5-4-6-12(13)18-14(19)8-9-16-15(21)17-11(2)10-20/h4-7,11,20H,3,8-10H2,1-2H3,(H2,16,17,21). The van der Waals surface area contributed by atoms with Crippen molar-refractivity contribution in [2.24, 2.45) is 0 Å². The zero-order valence-electron chi connectivity index (χ0n) is 12.5. The lowest BCUT2D eigenvalue weighted by Gasteiger charge is -2.12. The summed E-state index contributed by atoms with van der Waals surface area (Å²) in [5.41, 5.74) is 2.10. The van der Waals surface area contributed by atoms with Crippen LogP contribution in [0.1, 0.15) is 19.7 Å². The maximum Gasteiger partial charge on any atom is 0.315 e. The summed E-state index contributed by atoms with van der Waals surface area (Å²) in [7, 11) is 0. The van der Waals surface area contributed by atoms with Crippen LogP contribution in [0, 0.1) is 0 Å². The van der Waals surface area contributed by atoms with Gasteiger partial charge in [-0.2, -0.15) is 0 Å². The van der Waals surface area contributed by atoms with Crippen LogP contribution in [0.15, 0.2) is 24.3 Å². The Morgan fingerprint density at radius 1 is 1.43 bits per heavy atom. The highest BCUT2D eigenvalue weighted by Crippen LogP contribution is 2.15. The van der Waals surface area contributed by atoms with Crippen LogP contribution in [0.2, 0.25) is 0 Å². The Morgan fingerprint density at radius 2 is 2.19 bits per heavy atom. The highest BCUT2D eigenvalue weighted by molar-refractivity contribution is 5.76. The van der Waals surface area contributed by atoms with E-state index in [1.165, 1.54) is 0 Å². The van der Waals surface area contributed by atoms with Crippen molar-refractivity contribution < 1.29 is 9.90 Å². The summed E-state index contributed by atoms with van der Waals surface area (Å²) in [5, 5.41) is 14.3. The van der Waals surface area contributed by atoms with Crippen LogP contribution in [-0.2, 0) is 13.0 Å². The number of aromatic nitrogens is 2. The number of nitrogens with zero attached hydrogens (tertiary/aromatic N) is 2. The molecule has 0 spiro atoms. The van der Waals surface area contributed by atoms with Gasteiger partial charge in [0, 0.05) is 19.5 Å². The van der Waals surface area contributed by atoms with E-state index in [9.17, 15) is 4.79 Å². The average Bonchev–Trinajstić information content (AvgIpc) is 2.84. The van der Waals surface area contributed by atoms with Crippen LogP contribution in [0.5, 0.6) is 0 Å². The number of imidazole rings is 1. The topological polar surface area (TPSA) is 79.2 Å². The largest absolute Gasteiger partial charge is 0.394 e. The van der Waals surface area contributed by atoms with Gasteiger partial charge >= 0.3 is 6.03 Å². The number of amides is 2. The Hall–Kier alpha value is -2.08. The molecular weight excluding hydrogens is 268 g/mol. The average molecular weight is 290 g/mol. The molecule has 6 heteroatoms. The van der Waals surface area contributed by atoms with Crippen molar-refractivity contribution in [1.29, 1.82) is 0 Å². The molecule has 1 heterocycles. The third kappa shape index (κ3) is 3.72. The minimum Gasteiger partial charge on any atom is -0.394 e. The molecule has 2 rings (SSSR count). The summed E-state index contributed by atoms with van der Waals surface area (Å²) in [4.78, 5) is 16.2. The van der Waals surface area contributed by atoms with Gasteiger partial charge in [-0.3, -0.25) is 0 Å². The number of aliphatic hydroxyl groups is 1. The van der Waals surface area contributed by atoms with Crippen molar-refractivity contribution in [2.75, 3.05) is 13.2 Å². The van der Waals surface area contributed by atoms with E-state index in [-0.39, 0.29) is 18.7 Å². The molecule has 1 aromatic carbocycles. The fraction of sp³-hybridized carbons (Fsp3) is 0.467. The number of rotatable bonds is 6. The van der Waals surface area contributed by atoms with E-state index in [2.05, 4.69) is 33.2 Å². The molecular formula is C15H22N4O2. The third-order valence-electron chi connectivity index (χ3n) is 3.34. The van der Waals surface area contributed by atoms with Gasteiger partial charge in [-0.25, -0.2) is 9.78 Å². The highest BCUT2D eigenvalue weighted by Gasteiger charge is 2.10. The molecule has 0 bridgehead atoms. The fourth-order valence-electron chi connectivity index (χ4n) is 2.28. The van der Waals surface area contributed by atoms with Gasteiger partial charge < -0.3 is 20.3 Å². The predicted molar refractivity (Wildman–Crippen MR) is 82.2 cm³/mol. The maximum absolute atomic E-state index is 11.6. The number of carbonyl (C=O) groups is 1. The first kappa shape index (κ1) is 15.3. The molecule has 1 unspecified atom stereocenters. The normalized spacial score (nSPS) is 12.3. The molecule has 114 valence electrons. The second-order valence-electron chi connectivity index (χ2n) is 4.99. The van der Waals surface area contributed by atoms with Crippen molar-refractivity contribution in [3.8, 4) is 0 Å². The van der Waals surface area contributed by atoms with Crippen molar-refractivity contribution in [3.63, 3.8) is 0 Å². The number of benzene rings is 1. The number of urea groups is 1. The molecule has 2 amide bonds. The number of para-hydroxylation sites is 2. The summed E-state index contributed by atoms with van der Waals surface area (Å²) in [6.45, 7) is 5.12. The number of carbonyl (C=O) groups excluding carboxylic acids is 1. The van der Waals surface area contributed by atoms with Gasteiger partial charge in [0.05, 0.1) is 23.7 Å². The van der Waals surface area contributed by atoms with Gasteiger partial charge in [0.1, 0.15) is 5.82 Å². The number of fused-ring (bicyclic) bond motifs is 1. The second kappa shape index (κ2) is 7.08. The van der Waals surface area contributed by atoms with Crippen LogP contribution in [-0.4, -0.2) is 39.9 Å². The summed E-state index contributed by atoms with van der Waals surface area (Å²) in [5.74, 6) is 0.967.